The molecule has 1 heterocycles. The Morgan fingerprint density at radius 3 is 2.33 bits per heavy atom. The van der Waals surface area contributed by atoms with E-state index in [9.17, 15) is 26.8 Å². The van der Waals surface area contributed by atoms with Crippen LogP contribution in [0.5, 0.6) is 0 Å². The van der Waals surface area contributed by atoms with E-state index in [0.717, 1.165) is 12.1 Å². The van der Waals surface area contributed by atoms with E-state index in [1.54, 1.807) is 6.92 Å². The summed E-state index contributed by atoms with van der Waals surface area (Å²) in [5.41, 5.74) is -1.11. The van der Waals surface area contributed by atoms with Crippen LogP contribution in [0, 0.1) is 11.6 Å². The van der Waals surface area contributed by atoms with Gasteiger partial charge < -0.3 is 4.90 Å². The predicted molar refractivity (Wildman–Crippen MR) is 72.0 cm³/mol. The van der Waals surface area contributed by atoms with Gasteiger partial charge in [0.05, 0.1) is 17.0 Å². The van der Waals surface area contributed by atoms with Crippen LogP contribution in [0.1, 0.15) is 23.7 Å². The molecule has 0 unspecified atom stereocenters. The first kappa shape index (κ1) is 15.6. The average Bonchev–Trinajstić information content (AvgIpc) is 2.66. The Balaban J connectivity index is 2.34. The minimum absolute atomic E-state index is 0.0680. The monoisotopic (exact) mass is 317 g/mol. The Kier molecular flexibility index (Phi) is 4.08. The summed E-state index contributed by atoms with van der Waals surface area (Å²) in [6.45, 7) is 1.31. The van der Waals surface area contributed by atoms with Crippen molar-refractivity contribution in [1.82, 2.24) is 0 Å². The maximum Gasteiger partial charge on any atom is 0.299 e. The van der Waals surface area contributed by atoms with Gasteiger partial charge >= 0.3 is 0 Å². The van der Waals surface area contributed by atoms with Gasteiger partial charge in [0.1, 0.15) is 11.6 Å². The van der Waals surface area contributed by atoms with E-state index in [0.29, 0.717) is 11.3 Å². The molecule has 1 aliphatic heterocycles. The smallest absolute Gasteiger partial charge is 0.299 e. The van der Waals surface area contributed by atoms with Crippen LogP contribution in [0.3, 0.4) is 0 Å². The zero-order valence-electron chi connectivity index (χ0n) is 11.2. The fraction of sp³-hybridized carbons (Fsp3) is 0.385. The Morgan fingerprint density at radius 1 is 1.10 bits per heavy atom. The van der Waals surface area contributed by atoms with Crippen LogP contribution in [-0.4, -0.2) is 38.2 Å². The molecule has 0 atom stereocenters. The topological polar surface area (TPSA) is 71.5 Å². The summed E-state index contributed by atoms with van der Waals surface area (Å²) in [5.74, 6) is -4.67. The maximum atomic E-state index is 13.8. The summed E-state index contributed by atoms with van der Waals surface area (Å²) in [4.78, 5) is 24.2. The van der Waals surface area contributed by atoms with Crippen molar-refractivity contribution < 1.29 is 26.8 Å². The van der Waals surface area contributed by atoms with Crippen LogP contribution in [0.25, 0.3) is 0 Å². The number of rotatable bonds is 5. The summed E-state index contributed by atoms with van der Waals surface area (Å²) in [6, 6.07) is 1.56. The Bertz CT molecular complexity index is 715. The molecule has 8 heteroatoms. The zero-order chi connectivity index (χ0) is 15.8. The standard InChI is InChI=1S/C13H13F2NO4S/c1-2-6-21(19,20)7-5-16-11-9(15)4-3-8(14)10(11)12(17)13(16)18/h3-4H,2,5-7H2,1H3. The van der Waals surface area contributed by atoms with E-state index in [4.69, 9.17) is 0 Å². The van der Waals surface area contributed by atoms with E-state index in [-0.39, 0.29) is 12.3 Å². The highest BCUT2D eigenvalue weighted by Gasteiger charge is 2.40. The van der Waals surface area contributed by atoms with Gasteiger partial charge in [-0.25, -0.2) is 17.2 Å². The number of carbonyl (C=O) groups is 2. The molecule has 0 radical (unpaired) electrons. The number of nitrogens with zero attached hydrogens (tertiary/aromatic N) is 1. The number of benzene rings is 1. The Hall–Kier alpha value is -1.83. The lowest BCUT2D eigenvalue weighted by Gasteiger charge is -2.16. The third-order valence-corrected chi connectivity index (χ3v) is 4.99. The number of fused-ring (bicyclic) bond motifs is 1. The zero-order valence-corrected chi connectivity index (χ0v) is 12.0. The Morgan fingerprint density at radius 2 is 1.71 bits per heavy atom. The van der Waals surface area contributed by atoms with Gasteiger partial charge in [0, 0.05) is 12.3 Å². The van der Waals surface area contributed by atoms with E-state index < -0.39 is 50.2 Å². The van der Waals surface area contributed by atoms with Gasteiger partial charge in [-0.2, -0.15) is 0 Å². The predicted octanol–water partition coefficient (Wildman–Crippen LogP) is 1.32. The van der Waals surface area contributed by atoms with E-state index in [1.807, 2.05) is 0 Å². The molecular formula is C13H13F2NO4S. The molecule has 21 heavy (non-hydrogen) atoms. The molecule has 0 bridgehead atoms. The normalized spacial score (nSPS) is 14.7. The quantitative estimate of drug-likeness (QED) is 0.768. The highest BCUT2D eigenvalue weighted by Crippen LogP contribution is 2.33. The van der Waals surface area contributed by atoms with Gasteiger partial charge in [-0.1, -0.05) is 6.92 Å². The van der Waals surface area contributed by atoms with Crippen molar-refractivity contribution in [1.29, 1.82) is 0 Å². The molecule has 114 valence electrons. The lowest BCUT2D eigenvalue weighted by molar-refractivity contribution is -0.114. The molecule has 2 rings (SSSR count). The molecule has 0 saturated carbocycles. The summed E-state index contributed by atoms with van der Waals surface area (Å²) in [5, 5.41) is 0. The molecule has 0 aliphatic carbocycles. The first-order valence-corrected chi connectivity index (χ1v) is 8.15. The van der Waals surface area contributed by atoms with E-state index in [2.05, 4.69) is 0 Å². The number of carbonyl (C=O) groups excluding carboxylic acids is 2. The minimum Gasteiger partial charge on any atom is -0.301 e. The lowest BCUT2D eigenvalue weighted by Crippen LogP contribution is -2.35. The number of hydrogen-bond donors (Lipinski definition) is 0. The molecule has 0 aromatic heterocycles. The number of hydrogen-bond acceptors (Lipinski definition) is 4. The van der Waals surface area contributed by atoms with Gasteiger partial charge in [0.15, 0.2) is 9.84 Å². The first-order chi connectivity index (χ1) is 9.78. The van der Waals surface area contributed by atoms with Crippen molar-refractivity contribution in [2.45, 2.75) is 13.3 Å². The van der Waals surface area contributed by atoms with Crippen molar-refractivity contribution >= 4 is 27.2 Å². The molecule has 5 nitrogen and oxygen atoms in total. The summed E-state index contributed by atoms with van der Waals surface area (Å²) < 4.78 is 50.6. The fourth-order valence-electron chi connectivity index (χ4n) is 2.21. The van der Waals surface area contributed by atoms with Gasteiger partial charge in [-0.05, 0) is 18.6 Å². The molecule has 0 fully saturated rings. The second-order valence-corrected chi connectivity index (χ2v) is 6.99. The van der Waals surface area contributed by atoms with E-state index in [1.165, 1.54) is 0 Å². The number of Topliss-reactive ketones (excluding diaryl/α,β-unsaturated/α-hetero) is 1. The van der Waals surface area contributed by atoms with Crippen molar-refractivity contribution in [3.05, 3.63) is 29.3 Å². The van der Waals surface area contributed by atoms with Gasteiger partial charge in [0.2, 0.25) is 0 Å². The van der Waals surface area contributed by atoms with Gasteiger partial charge in [-0.15, -0.1) is 0 Å². The van der Waals surface area contributed by atoms with Crippen LogP contribution in [0.4, 0.5) is 14.5 Å². The number of sulfone groups is 1. The maximum absolute atomic E-state index is 13.8. The fourth-order valence-corrected chi connectivity index (χ4v) is 3.50. The van der Waals surface area contributed by atoms with Gasteiger partial charge in [-0.3, -0.25) is 9.59 Å². The first-order valence-electron chi connectivity index (χ1n) is 6.33. The molecule has 1 aromatic carbocycles. The van der Waals surface area contributed by atoms with E-state index >= 15 is 0 Å². The molecule has 0 saturated heterocycles. The second-order valence-electron chi connectivity index (χ2n) is 4.69. The summed E-state index contributed by atoms with van der Waals surface area (Å²) in [7, 11) is -3.41. The third-order valence-electron chi connectivity index (χ3n) is 3.16. The Labute approximate surface area is 120 Å². The van der Waals surface area contributed by atoms with Crippen LogP contribution in [-0.2, 0) is 14.6 Å². The lowest BCUT2D eigenvalue weighted by atomic mass is 10.1. The van der Waals surface area contributed by atoms with Crippen molar-refractivity contribution in [3.8, 4) is 0 Å². The molecule has 1 aromatic rings. The highest BCUT2D eigenvalue weighted by molar-refractivity contribution is 7.91. The van der Waals surface area contributed by atoms with Crippen LogP contribution >= 0.6 is 0 Å². The minimum atomic E-state index is -3.41. The molecule has 1 amide bonds. The number of halogens is 2. The van der Waals surface area contributed by atoms with Crippen LogP contribution < -0.4 is 4.90 Å². The SMILES string of the molecule is CCCS(=O)(=O)CCN1C(=O)C(=O)c2c(F)ccc(F)c21. The summed E-state index contributed by atoms with van der Waals surface area (Å²) in [6.07, 6.45) is 0.411. The second kappa shape index (κ2) is 5.51. The van der Waals surface area contributed by atoms with Crippen LogP contribution in [0.15, 0.2) is 12.1 Å². The van der Waals surface area contributed by atoms with Crippen LogP contribution in [0.2, 0.25) is 0 Å². The number of ketones is 1. The number of amides is 1. The highest BCUT2D eigenvalue weighted by atomic mass is 32.2. The molecule has 0 spiro atoms. The number of anilines is 1. The van der Waals surface area contributed by atoms with Crippen molar-refractivity contribution in [2.75, 3.05) is 23.0 Å². The molecule has 1 aliphatic rings. The summed E-state index contributed by atoms with van der Waals surface area (Å²) >= 11 is 0. The molecular weight excluding hydrogens is 304 g/mol. The average molecular weight is 317 g/mol. The largest absolute Gasteiger partial charge is 0.301 e. The van der Waals surface area contributed by atoms with Crippen molar-refractivity contribution in [3.63, 3.8) is 0 Å². The van der Waals surface area contributed by atoms with Crippen molar-refractivity contribution in [2.24, 2.45) is 0 Å². The molecule has 0 N–H and O–H groups in total. The third kappa shape index (κ3) is 2.80. The van der Waals surface area contributed by atoms with Gasteiger partial charge in [0.25, 0.3) is 11.7 Å².